The van der Waals surface area contributed by atoms with E-state index in [2.05, 4.69) is 20.3 Å². The van der Waals surface area contributed by atoms with Crippen LogP contribution in [-0.4, -0.2) is 33.7 Å². The second-order valence-electron chi connectivity index (χ2n) is 6.41. The van der Waals surface area contributed by atoms with E-state index in [1.54, 1.807) is 12.1 Å². The van der Waals surface area contributed by atoms with Crippen LogP contribution in [0.3, 0.4) is 0 Å². The highest BCUT2D eigenvalue weighted by Crippen LogP contribution is 2.28. The van der Waals surface area contributed by atoms with Gasteiger partial charge in [-0.3, -0.25) is 0 Å². The van der Waals surface area contributed by atoms with Crippen LogP contribution < -0.4 is 10.2 Å². The molecule has 1 N–H and O–H groups in total. The lowest BCUT2D eigenvalue weighted by molar-refractivity contribution is 0.177. The molecule has 0 bridgehead atoms. The molecule has 3 rings (SSSR count). The molecule has 2 heterocycles. The zero-order chi connectivity index (χ0) is 18.8. The smallest absolute Gasteiger partial charge is 0.417 e. The first-order valence-electron chi connectivity index (χ1n) is 8.23. The van der Waals surface area contributed by atoms with E-state index in [1.165, 1.54) is 11.2 Å². The SMILES string of the molecule is CC(C)C1COC(=O)N1c1ncnc(N[C@@H](C)c2ccc(Cl)c(Cl)c2)n1. The van der Waals surface area contributed by atoms with E-state index in [1.807, 2.05) is 26.8 Å². The highest BCUT2D eigenvalue weighted by Gasteiger charge is 2.38. The first-order valence-corrected chi connectivity index (χ1v) is 8.99. The Bertz CT molecular complexity index is 817. The van der Waals surface area contributed by atoms with Crippen LogP contribution in [0.4, 0.5) is 16.7 Å². The van der Waals surface area contributed by atoms with Gasteiger partial charge in [0.1, 0.15) is 12.9 Å². The third-order valence-corrected chi connectivity index (χ3v) is 4.98. The third kappa shape index (κ3) is 3.83. The van der Waals surface area contributed by atoms with Crippen LogP contribution in [0.2, 0.25) is 10.0 Å². The summed E-state index contributed by atoms with van der Waals surface area (Å²) in [6.45, 7) is 6.31. The molecule has 9 heteroatoms. The summed E-state index contributed by atoms with van der Waals surface area (Å²) in [5.74, 6) is 0.838. The normalized spacial score (nSPS) is 18.2. The van der Waals surface area contributed by atoms with Crippen molar-refractivity contribution >= 4 is 41.2 Å². The standard InChI is InChI=1S/C17H19Cl2N5O2/c1-9(2)14-7-26-17(25)24(14)16-21-8-20-15(23-16)22-10(3)11-4-5-12(18)13(19)6-11/h4-6,8-10,14H,7H2,1-3H3,(H,20,21,22,23)/t10-,14?/m0/s1. The molecule has 1 aliphatic rings. The Morgan fingerprint density at radius 1 is 1.23 bits per heavy atom. The van der Waals surface area contributed by atoms with E-state index in [9.17, 15) is 4.79 Å². The van der Waals surface area contributed by atoms with Gasteiger partial charge < -0.3 is 10.1 Å². The molecule has 2 atom stereocenters. The first kappa shape index (κ1) is 18.7. The summed E-state index contributed by atoms with van der Waals surface area (Å²) >= 11 is 12.0. The van der Waals surface area contributed by atoms with Gasteiger partial charge in [-0.2, -0.15) is 4.98 Å². The minimum Gasteiger partial charge on any atom is -0.447 e. The number of rotatable bonds is 5. The molecule has 1 aliphatic heterocycles. The van der Waals surface area contributed by atoms with Crippen molar-refractivity contribution in [3.63, 3.8) is 0 Å². The Morgan fingerprint density at radius 3 is 2.69 bits per heavy atom. The average molecular weight is 396 g/mol. The number of carbonyl (C=O) groups is 1. The lowest BCUT2D eigenvalue weighted by Gasteiger charge is -2.22. The van der Waals surface area contributed by atoms with Gasteiger partial charge in [-0.15, -0.1) is 0 Å². The number of amides is 1. The molecule has 1 saturated heterocycles. The quantitative estimate of drug-likeness (QED) is 0.810. The number of ether oxygens (including phenoxy) is 1. The predicted octanol–water partition coefficient (Wildman–Crippen LogP) is 4.33. The van der Waals surface area contributed by atoms with E-state index in [0.717, 1.165) is 5.56 Å². The number of benzene rings is 1. The van der Waals surface area contributed by atoms with Gasteiger partial charge in [0.25, 0.3) is 0 Å². The Kier molecular flexibility index (Phi) is 5.48. The van der Waals surface area contributed by atoms with Gasteiger partial charge in [0.05, 0.1) is 22.1 Å². The van der Waals surface area contributed by atoms with Gasteiger partial charge >= 0.3 is 6.09 Å². The Morgan fingerprint density at radius 2 is 2.00 bits per heavy atom. The maximum absolute atomic E-state index is 12.1. The van der Waals surface area contributed by atoms with Crippen molar-refractivity contribution in [3.8, 4) is 0 Å². The fourth-order valence-electron chi connectivity index (χ4n) is 2.69. The van der Waals surface area contributed by atoms with Gasteiger partial charge in [-0.1, -0.05) is 43.1 Å². The van der Waals surface area contributed by atoms with Crippen LogP contribution in [0.15, 0.2) is 24.5 Å². The predicted molar refractivity (Wildman–Crippen MR) is 101 cm³/mol. The number of aromatic nitrogens is 3. The number of nitrogens with zero attached hydrogens (tertiary/aromatic N) is 4. The third-order valence-electron chi connectivity index (χ3n) is 4.24. The number of hydrogen-bond donors (Lipinski definition) is 1. The van der Waals surface area contributed by atoms with Crippen LogP contribution in [0.5, 0.6) is 0 Å². The van der Waals surface area contributed by atoms with Crippen LogP contribution in [-0.2, 0) is 4.74 Å². The molecule has 0 saturated carbocycles. The number of nitrogens with one attached hydrogen (secondary N) is 1. The molecule has 26 heavy (non-hydrogen) atoms. The topological polar surface area (TPSA) is 80.2 Å². The van der Waals surface area contributed by atoms with Crippen LogP contribution >= 0.6 is 23.2 Å². The molecule has 7 nitrogen and oxygen atoms in total. The maximum Gasteiger partial charge on any atom is 0.417 e. The molecule has 138 valence electrons. The van der Waals surface area contributed by atoms with Gasteiger partial charge in [0, 0.05) is 0 Å². The van der Waals surface area contributed by atoms with Gasteiger partial charge in [0.15, 0.2) is 0 Å². The summed E-state index contributed by atoms with van der Waals surface area (Å²) in [4.78, 5) is 26.2. The summed E-state index contributed by atoms with van der Waals surface area (Å²) in [6, 6.07) is 5.18. The summed E-state index contributed by atoms with van der Waals surface area (Å²) in [7, 11) is 0. The van der Waals surface area contributed by atoms with E-state index in [4.69, 9.17) is 27.9 Å². The molecular formula is C17H19Cl2N5O2. The minimum atomic E-state index is -0.446. The Hall–Kier alpha value is -2.12. The number of carbonyl (C=O) groups excluding carboxylic acids is 1. The van der Waals surface area contributed by atoms with Crippen molar-refractivity contribution in [1.29, 1.82) is 0 Å². The summed E-state index contributed by atoms with van der Waals surface area (Å²) in [6.07, 6.45) is 0.924. The van der Waals surface area contributed by atoms with Crippen LogP contribution in [0.25, 0.3) is 0 Å². The molecular weight excluding hydrogens is 377 g/mol. The van der Waals surface area contributed by atoms with Crippen molar-refractivity contribution in [1.82, 2.24) is 15.0 Å². The Labute approximate surface area is 161 Å². The molecule has 1 fully saturated rings. The lowest BCUT2D eigenvalue weighted by atomic mass is 10.1. The molecule has 1 amide bonds. The molecule has 0 spiro atoms. The number of cyclic esters (lactones) is 1. The number of hydrogen-bond acceptors (Lipinski definition) is 6. The minimum absolute atomic E-state index is 0.106. The van der Waals surface area contributed by atoms with Gasteiger partial charge in [-0.25, -0.2) is 19.7 Å². The lowest BCUT2D eigenvalue weighted by Crippen LogP contribution is -2.38. The average Bonchev–Trinajstić information content (AvgIpc) is 2.99. The summed E-state index contributed by atoms with van der Waals surface area (Å²) in [5, 5.41) is 4.16. The largest absolute Gasteiger partial charge is 0.447 e. The second kappa shape index (κ2) is 7.63. The fourth-order valence-corrected chi connectivity index (χ4v) is 3.00. The van der Waals surface area contributed by atoms with Crippen molar-refractivity contribution in [2.24, 2.45) is 5.92 Å². The van der Waals surface area contributed by atoms with Crippen molar-refractivity contribution in [2.75, 3.05) is 16.8 Å². The molecule has 1 aromatic heterocycles. The zero-order valence-electron chi connectivity index (χ0n) is 14.6. The van der Waals surface area contributed by atoms with E-state index in [0.29, 0.717) is 22.6 Å². The molecule has 0 aliphatic carbocycles. The van der Waals surface area contributed by atoms with Gasteiger partial charge in [-0.05, 0) is 30.5 Å². The fraction of sp³-hybridized carbons (Fsp3) is 0.412. The van der Waals surface area contributed by atoms with Gasteiger partial charge in [0.2, 0.25) is 11.9 Å². The van der Waals surface area contributed by atoms with Crippen LogP contribution in [0.1, 0.15) is 32.4 Å². The summed E-state index contributed by atoms with van der Waals surface area (Å²) in [5.41, 5.74) is 0.932. The van der Waals surface area contributed by atoms with E-state index < -0.39 is 6.09 Å². The van der Waals surface area contributed by atoms with Crippen molar-refractivity contribution < 1.29 is 9.53 Å². The Balaban J connectivity index is 1.81. The molecule has 2 aromatic rings. The first-order chi connectivity index (χ1) is 12.4. The summed E-state index contributed by atoms with van der Waals surface area (Å²) < 4.78 is 5.15. The molecule has 0 radical (unpaired) electrons. The number of anilines is 2. The monoisotopic (exact) mass is 395 g/mol. The van der Waals surface area contributed by atoms with E-state index in [-0.39, 0.29) is 23.9 Å². The van der Waals surface area contributed by atoms with Crippen LogP contribution in [0, 0.1) is 5.92 Å². The van der Waals surface area contributed by atoms with Crippen molar-refractivity contribution in [2.45, 2.75) is 32.9 Å². The second-order valence-corrected chi connectivity index (χ2v) is 7.22. The number of halogens is 2. The highest BCUT2D eigenvalue weighted by molar-refractivity contribution is 6.42. The zero-order valence-corrected chi connectivity index (χ0v) is 16.1. The van der Waals surface area contributed by atoms with E-state index >= 15 is 0 Å². The van der Waals surface area contributed by atoms with Crippen molar-refractivity contribution in [3.05, 3.63) is 40.1 Å². The molecule has 1 unspecified atom stereocenters. The molecule has 1 aromatic carbocycles. The highest BCUT2D eigenvalue weighted by atomic mass is 35.5. The maximum atomic E-state index is 12.1.